The average molecular weight is 224 g/mol. The molecule has 0 aromatic carbocycles. The average Bonchev–Trinajstić information content (AvgIpc) is 2.27. The molecular formula is C7H10ClNO3S. The summed E-state index contributed by atoms with van der Waals surface area (Å²) >= 11 is 0. The molecule has 0 aliphatic rings. The second-order valence-electron chi connectivity index (χ2n) is 3.71. The topological polar surface area (TPSA) is 60.2 Å². The van der Waals surface area contributed by atoms with Gasteiger partial charge in [0, 0.05) is 16.1 Å². The molecule has 0 saturated heterocycles. The van der Waals surface area contributed by atoms with E-state index in [1.807, 2.05) is 20.8 Å². The monoisotopic (exact) mass is 223 g/mol. The Kier molecular flexibility index (Phi) is 2.42. The van der Waals surface area contributed by atoms with Crippen molar-refractivity contribution in [3.63, 3.8) is 0 Å². The summed E-state index contributed by atoms with van der Waals surface area (Å²) in [6, 6.07) is 0. The molecule has 6 heteroatoms. The molecule has 1 heterocycles. The molecule has 0 bridgehead atoms. The Labute approximate surface area is 81.3 Å². The van der Waals surface area contributed by atoms with Crippen molar-refractivity contribution in [3.05, 3.63) is 12.0 Å². The highest BCUT2D eigenvalue weighted by atomic mass is 35.7. The highest BCUT2D eigenvalue weighted by Crippen LogP contribution is 2.30. The van der Waals surface area contributed by atoms with E-state index in [9.17, 15) is 8.42 Å². The fraction of sp³-hybridized carbons (Fsp3) is 0.571. The van der Waals surface area contributed by atoms with Crippen LogP contribution in [0.3, 0.4) is 0 Å². The molecular weight excluding hydrogens is 214 g/mol. The lowest BCUT2D eigenvalue weighted by molar-refractivity contribution is 0.323. The normalized spacial score (nSPS) is 13.2. The van der Waals surface area contributed by atoms with Crippen LogP contribution in [0, 0.1) is 0 Å². The molecule has 0 aliphatic carbocycles. The maximum absolute atomic E-state index is 11.0. The number of nitrogens with zero attached hydrogens (tertiary/aromatic N) is 1. The highest BCUT2D eigenvalue weighted by Gasteiger charge is 2.29. The van der Waals surface area contributed by atoms with Gasteiger partial charge in [0.25, 0.3) is 9.05 Å². The standard InChI is InChI=1S/C7H10ClNO3S/c1-7(2,3)6-5(4-9-12-6)13(8,10)11/h4H,1-3H3. The van der Waals surface area contributed by atoms with Crippen molar-refractivity contribution in [1.29, 1.82) is 0 Å². The van der Waals surface area contributed by atoms with Crippen molar-refractivity contribution in [2.45, 2.75) is 31.1 Å². The zero-order chi connectivity index (χ0) is 10.3. The Hall–Kier alpha value is -0.550. The Balaban J connectivity index is 3.35. The van der Waals surface area contributed by atoms with Crippen LogP contribution < -0.4 is 0 Å². The first-order valence-electron chi connectivity index (χ1n) is 3.63. The van der Waals surface area contributed by atoms with Gasteiger partial charge >= 0.3 is 0 Å². The quantitative estimate of drug-likeness (QED) is 0.683. The van der Waals surface area contributed by atoms with Crippen molar-refractivity contribution in [3.8, 4) is 0 Å². The van der Waals surface area contributed by atoms with Crippen LogP contribution in [0.4, 0.5) is 0 Å². The molecule has 0 atom stereocenters. The summed E-state index contributed by atoms with van der Waals surface area (Å²) in [6.45, 7) is 5.46. The van der Waals surface area contributed by atoms with Gasteiger partial charge in [-0.1, -0.05) is 25.9 Å². The molecule has 1 aromatic rings. The Morgan fingerprint density at radius 1 is 1.46 bits per heavy atom. The van der Waals surface area contributed by atoms with E-state index >= 15 is 0 Å². The minimum Gasteiger partial charge on any atom is -0.359 e. The second kappa shape index (κ2) is 2.99. The van der Waals surface area contributed by atoms with Gasteiger partial charge < -0.3 is 4.52 Å². The van der Waals surface area contributed by atoms with Crippen molar-refractivity contribution in [2.75, 3.05) is 0 Å². The van der Waals surface area contributed by atoms with E-state index < -0.39 is 14.5 Å². The molecule has 0 N–H and O–H groups in total. The Morgan fingerprint density at radius 3 is 2.31 bits per heavy atom. The lowest BCUT2D eigenvalue weighted by Crippen LogP contribution is -2.13. The van der Waals surface area contributed by atoms with Crippen LogP contribution in [0.25, 0.3) is 0 Å². The van der Waals surface area contributed by atoms with Gasteiger partial charge in [0.2, 0.25) is 0 Å². The third kappa shape index (κ3) is 2.22. The summed E-state index contributed by atoms with van der Waals surface area (Å²) in [5.41, 5.74) is -0.423. The van der Waals surface area contributed by atoms with Crippen molar-refractivity contribution in [1.82, 2.24) is 5.16 Å². The predicted octanol–water partition coefficient (Wildman–Crippen LogP) is 1.90. The lowest BCUT2D eigenvalue weighted by atomic mass is 9.93. The summed E-state index contributed by atoms with van der Waals surface area (Å²) in [6.07, 6.45) is 1.11. The first-order valence-corrected chi connectivity index (χ1v) is 5.93. The van der Waals surface area contributed by atoms with Gasteiger partial charge in [-0.25, -0.2) is 8.42 Å². The van der Waals surface area contributed by atoms with Gasteiger partial charge in [-0.05, 0) is 0 Å². The third-order valence-electron chi connectivity index (χ3n) is 1.48. The maximum Gasteiger partial charge on any atom is 0.266 e. The third-order valence-corrected chi connectivity index (χ3v) is 2.80. The molecule has 13 heavy (non-hydrogen) atoms. The largest absolute Gasteiger partial charge is 0.359 e. The zero-order valence-electron chi connectivity index (χ0n) is 7.54. The molecule has 74 valence electrons. The van der Waals surface area contributed by atoms with E-state index in [0.29, 0.717) is 0 Å². The van der Waals surface area contributed by atoms with Crippen LogP contribution in [0.2, 0.25) is 0 Å². The molecule has 0 amide bonds. The van der Waals surface area contributed by atoms with Crippen molar-refractivity contribution < 1.29 is 12.9 Å². The fourth-order valence-electron chi connectivity index (χ4n) is 0.911. The number of rotatable bonds is 1. The fourth-order valence-corrected chi connectivity index (χ4v) is 1.97. The van der Waals surface area contributed by atoms with E-state index in [-0.39, 0.29) is 10.7 Å². The van der Waals surface area contributed by atoms with Gasteiger partial charge in [-0.3, -0.25) is 0 Å². The van der Waals surface area contributed by atoms with E-state index in [2.05, 4.69) is 5.16 Å². The molecule has 1 rings (SSSR count). The van der Waals surface area contributed by atoms with Crippen LogP contribution in [-0.4, -0.2) is 13.6 Å². The van der Waals surface area contributed by atoms with E-state index in [1.54, 1.807) is 0 Å². The van der Waals surface area contributed by atoms with Crippen LogP contribution in [0.15, 0.2) is 15.6 Å². The van der Waals surface area contributed by atoms with Crippen LogP contribution in [0.1, 0.15) is 26.5 Å². The zero-order valence-corrected chi connectivity index (χ0v) is 9.11. The molecule has 0 aliphatic heterocycles. The van der Waals surface area contributed by atoms with Crippen LogP contribution in [-0.2, 0) is 14.5 Å². The summed E-state index contributed by atoms with van der Waals surface area (Å²) in [4.78, 5) is -0.0540. The molecule has 0 fully saturated rings. The summed E-state index contributed by atoms with van der Waals surface area (Å²) in [5, 5.41) is 3.42. The van der Waals surface area contributed by atoms with Gasteiger partial charge in [0.1, 0.15) is 4.90 Å². The van der Waals surface area contributed by atoms with Gasteiger partial charge in [-0.15, -0.1) is 0 Å². The maximum atomic E-state index is 11.0. The first kappa shape index (κ1) is 10.5. The van der Waals surface area contributed by atoms with E-state index in [4.69, 9.17) is 15.2 Å². The van der Waals surface area contributed by atoms with Crippen molar-refractivity contribution >= 4 is 19.7 Å². The molecule has 0 spiro atoms. The molecule has 0 radical (unpaired) electrons. The van der Waals surface area contributed by atoms with Crippen LogP contribution in [0.5, 0.6) is 0 Å². The van der Waals surface area contributed by atoms with Gasteiger partial charge in [-0.2, -0.15) is 0 Å². The molecule has 0 saturated carbocycles. The second-order valence-corrected chi connectivity index (χ2v) is 6.24. The molecule has 1 aromatic heterocycles. The van der Waals surface area contributed by atoms with Crippen molar-refractivity contribution in [2.24, 2.45) is 0 Å². The number of halogens is 1. The Morgan fingerprint density at radius 2 is 2.00 bits per heavy atom. The minimum atomic E-state index is -3.76. The number of aromatic nitrogens is 1. The highest BCUT2D eigenvalue weighted by molar-refractivity contribution is 8.13. The predicted molar refractivity (Wildman–Crippen MR) is 48.2 cm³/mol. The molecule has 4 nitrogen and oxygen atoms in total. The lowest BCUT2D eigenvalue weighted by Gasteiger charge is -2.14. The van der Waals surface area contributed by atoms with E-state index in [1.165, 1.54) is 0 Å². The van der Waals surface area contributed by atoms with Crippen LogP contribution >= 0.6 is 10.7 Å². The minimum absolute atomic E-state index is 0.0540. The van der Waals surface area contributed by atoms with E-state index in [0.717, 1.165) is 6.20 Å². The molecule has 0 unspecified atom stereocenters. The Bertz CT molecular complexity index is 402. The van der Waals surface area contributed by atoms with Gasteiger partial charge in [0.05, 0.1) is 6.20 Å². The SMILES string of the molecule is CC(C)(C)c1oncc1S(=O)(=O)Cl. The number of hydrogen-bond donors (Lipinski definition) is 0. The summed E-state index contributed by atoms with van der Waals surface area (Å²) in [7, 11) is 1.43. The number of hydrogen-bond acceptors (Lipinski definition) is 4. The smallest absolute Gasteiger partial charge is 0.266 e. The first-order chi connectivity index (χ1) is 5.73. The summed E-state index contributed by atoms with van der Waals surface area (Å²) < 4.78 is 26.9. The summed E-state index contributed by atoms with van der Waals surface area (Å²) in [5.74, 6) is 0.280. The van der Waals surface area contributed by atoms with Gasteiger partial charge in [0.15, 0.2) is 5.76 Å².